The van der Waals surface area contributed by atoms with Gasteiger partial charge in [-0.25, -0.2) is 0 Å². The van der Waals surface area contributed by atoms with Crippen LogP contribution >= 0.6 is 31.9 Å². The molecule has 0 bridgehead atoms. The van der Waals surface area contributed by atoms with E-state index < -0.39 is 0 Å². The molecular weight excluding hydrogens is 346 g/mol. The zero-order chi connectivity index (χ0) is 12.3. The Morgan fingerprint density at radius 3 is 2.76 bits per heavy atom. The van der Waals surface area contributed by atoms with Crippen LogP contribution in [0.3, 0.4) is 0 Å². The van der Waals surface area contributed by atoms with Crippen LogP contribution in [0.2, 0.25) is 0 Å². The fourth-order valence-electron chi connectivity index (χ4n) is 1.33. The standard InChI is InChI=1S/C12H7Br2N3/c13-9-1-2-10(14)11(5-9)17-12-7-16-4-3-8(12)6-15/h1-5,7,17H. The number of halogens is 2. The number of hydrogen-bond donors (Lipinski definition) is 1. The van der Waals surface area contributed by atoms with E-state index in [0.29, 0.717) is 11.3 Å². The lowest BCUT2D eigenvalue weighted by molar-refractivity contribution is 1.30. The number of anilines is 2. The summed E-state index contributed by atoms with van der Waals surface area (Å²) in [7, 11) is 0. The molecule has 0 spiro atoms. The van der Waals surface area contributed by atoms with Gasteiger partial charge in [0.15, 0.2) is 0 Å². The summed E-state index contributed by atoms with van der Waals surface area (Å²) in [4.78, 5) is 4.00. The average Bonchev–Trinajstić information content (AvgIpc) is 2.34. The number of nitriles is 1. The molecule has 1 aromatic heterocycles. The Balaban J connectivity index is 2.38. The van der Waals surface area contributed by atoms with Crippen molar-refractivity contribution in [1.82, 2.24) is 4.98 Å². The number of nitrogens with one attached hydrogen (secondary N) is 1. The van der Waals surface area contributed by atoms with Crippen LogP contribution in [0.1, 0.15) is 5.56 Å². The third-order valence-corrected chi connectivity index (χ3v) is 3.32. The van der Waals surface area contributed by atoms with Crippen LogP contribution in [0, 0.1) is 11.3 Å². The first-order valence-corrected chi connectivity index (χ1v) is 6.35. The van der Waals surface area contributed by atoms with Gasteiger partial charge in [-0.2, -0.15) is 5.26 Å². The number of hydrogen-bond acceptors (Lipinski definition) is 3. The van der Waals surface area contributed by atoms with Gasteiger partial charge in [-0.05, 0) is 40.2 Å². The van der Waals surface area contributed by atoms with E-state index in [1.807, 2.05) is 18.2 Å². The third-order valence-electron chi connectivity index (χ3n) is 2.14. The van der Waals surface area contributed by atoms with Crippen LogP contribution < -0.4 is 5.32 Å². The minimum Gasteiger partial charge on any atom is -0.352 e. The second-order valence-corrected chi connectivity index (χ2v) is 5.05. The molecule has 0 saturated heterocycles. The summed E-state index contributed by atoms with van der Waals surface area (Å²) in [6.45, 7) is 0. The van der Waals surface area contributed by atoms with E-state index in [1.54, 1.807) is 18.5 Å². The van der Waals surface area contributed by atoms with Crippen LogP contribution in [0.5, 0.6) is 0 Å². The zero-order valence-corrected chi connectivity index (χ0v) is 11.8. The number of pyridine rings is 1. The van der Waals surface area contributed by atoms with Gasteiger partial charge in [0, 0.05) is 15.1 Å². The lowest BCUT2D eigenvalue weighted by atomic mass is 10.2. The Morgan fingerprint density at radius 1 is 1.18 bits per heavy atom. The highest BCUT2D eigenvalue weighted by Crippen LogP contribution is 2.29. The molecule has 17 heavy (non-hydrogen) atoms. The molecule has 0 saturated carbocycles. The Hall–Kier alpha value is -1.38. The maximum Gasteiger partial charge on any atom is 0.101 e. The summed E-state index contributed by atoms with van der Waals surface area (Å²) < 4.78 is 1.89. The molecule has 2 rings (SSSR count). The Kier molecular flexibility index (Phi) is 3.77. The maximum absolute atomic E-state index is 8.98. The molecule has 1 N–H and O–H groups in total. The van der Waals surface area contributed by atoms with Crippen molar-refractivity contribution in [3.63, 3.8) is 0 Å². The molecule has 0 radical (unpaired) electrons. The Bertz CT molecular complexity index is 591. The number of benzene rings is 1. The normalized spacial score (nSPS) is 9.71. The third kappa shape index (κ3) is 2.84. The molecule has 0 fully saturated rings. The van der Waals surface area contributed by atoms with Crippen LogP contribution in [0.25, 0.3) is 0 Å². The maximum atomic E-state index is 8.98. The van der Waals surface area contributed by atoms with Gasteiger partial charge in [-0.3, -0.25) is 4.98 Å². The smallest absolute Gasteiger partial charge is 0.101 e. The van der Waals surface area contributed by atoms with Crippen LogP contribution in [-0.2, 0) is 0 Å². The van der Waals surface area contributed by atoms with Crippen LogP contribution in [0.4, 0.5) is 11.4 Å². The van der Waals surface area contributed by atoms with Gasteiger partial charge in [-0.1, -0.05) is 15.9 Å². The van der Waals surface area contributed by atoms with E-state index in [-0.39, 0.29) is 0 Å². The highest BCUT2D eigenvalue weighted by atomic mass is 79.9. The molecule has 0 aliphatic heterocycles. The molecular formula is C12H7Br2N3. The summed E-state index contributed by atoms with van der Waals surface area (Å²) >= 11 is 6.85. The second-order valence-electron chi connectivity index (χ2n) is 3.28. The summed E-state index contributed by atoms with van der Waals surface area (Å²) in [5, 5.41) is 12.2. The van der Waals surface area contributed by atoms with E-state index in [9.17, 15) is 0 Å². The summed E-state index contributed by atoms with van der Waals surface area (Å²) in [5.41, 5.74) is 2.13. The van der Waals surface area contributed by atoms with Gasteiger partial charge in [0.25, 0.3) is 0 Å². The minimum absolute atomic E-state index is 0.562. The van der Waals surface area contributed by atoms with E-state index in [2.05, 4.69) is 48.2 Å². The number of rotatable bonds is 2. The van der Waals surface area contributed by atoms with Crippen molar-refractivity contribution >= 4 is 43.2 Å². The number of aromatic nitrogens is 1. The molecule has 0 aliphatic rings. The highest BCUT2D eigenvalue weighted by Gasteiger charge is 2.05. The van der Waals surface area contributed by atoms with Crippen LogP contribution in [0.15, 0.2) is 45.6 Å². The minimum atomic E-state index is 0.562. The van der Waals surface area contributed by atoms with Crippen molar-refractivity contribution in [3.8, 4) is 6.07 Å². The second kappa shape index (κ2) is 5.30. The van der Waals surface area contributed by atoms with Crippen molar-refractivity contribution in [3.05, 3.63) is 51.2 Å². The molecule has 84 valence electrons. The average molecular weight is 353 g/mol. The first-order valence-electron chi connectivity index (χ1n) is 4.77. The molecule has 5 heteroatoms. The Labute approximate surface area is 116 Å². The predicted octanol–water partition coefficient (Wildman–Crippen LogP) is 4.22. The van der Waals surface area contributed by atoms with Gasteiger partial charge in [-0.15, -0.1) is 0 Å². The molecule has 0 amide bonds. The van der Waals surface area contributed by atoms with Gasteiger partial charge >= 0.3 is 0 Å². The van der Waals surface area contributed by atoms with Crippen LogP contribution in [-0.4, -0.2) is 4.98 Å². The van der Waals surface area contributed by atoms with Crippen molar-refractivity contribution < 1.29 is 0 Å². The van der Waals surface area contributed by atoms with Gasteiger partial charge in [0.2, 0.25) is 0 Å². The zero-order valence-electron chi connectivity index (χ0n) is 8.61. The molecule has 1 aromatic carbocycles. The Morgan fingerprint density at radius 2 is 2.00 bits per heavy atom. The topological polar surface area (TPSA) is 48.7 Å². The molecule has 0 atom stereocenters. The molecule has 0 unspecified atom stereocenters. The van der Waals surface area contributed by atoms with Crippen molar-refractivity contribution in [2.24, 2.45) is 0 Å². The first-order chi connectivity index (χ1) is 8.20. The van der Waals surface area contributed by atoms with Gasteiger partial charge in [0.1, 0.15) is 6.07 Å². The molecule has 1 heterocycles. The first kappa shape index (κ1) is 12.1. The largest absolute Gasteiger partial charge is 0.352 e. The summed E-state index contributed by atoms with van der Waals surface area (Å²) in [6.07, 6.45) is 3.23. The molecule has 0 aliphatic carbocycles. The lowest BCUT2D eigenvalue weighted by Gasteiger charge is -2.09. The molecule has 3 nitrogen and oxygen atoms in total. The molecule has 2 aromatic rings. The van der Waals surface area contributed by atoms with Gasteiger partial charge in [0.05, 0.1) is 23.1 Å². The predicted molar refractivity (Wildman–Crippen MR) is 74.1 cm³/mol. The van der Waals surface area contributed by atoms with E-state index in [0.717, 1.165) is 14.6 Å². The quantitative estimate of drug-likeness (QED) is 0.880. The van der Waals surface area contributed by atoms with Gasteiger partial charge < -0.3 is 5.32 Å². The monoisotopic (exact) mass is 351 g/mol. The van der Waals surface area contributed by atoms with E-state index in [4.69, 9.17) is 5.26 Å². The van der Waals surface area contributed by atoms with Crippen molar-refractivity contribution in [1.29, 1.82) is 5.26 Å². The SMILES string of the molecule is N#Cc1ccncc1Nc1cc(Br)ccc1Br. The summed E-state index contributed by atoms with van der Waals surface area (Å²) in [6, 6.07) is 9.58. The lowest BCUT2D eigenvalue weighted by Crippen LogP contribution is -1.95. The van der Waals surface area contributed by atoms with Crippen molar-refractivity contribution in [2.45, 2.75) is 0 Å². The summed E-state index contributed by atoms with van der Waals surface area (Å²) in [5.74, 6) is 0. The van der Waals surface area contributed by atoms with E-state index >= 15 is 0 Å². The highest BCUT2D eigenvalue weighted by molar-refractivity contribution is 9.11. The number of nitrogens with zero attached hydrogens (tertiary/aromatic N) is 2. The fourth-order valence-corrected chi connectivity index (χ4v) is 2.04. The van der Waals surface area contributed by atoms with Crippen molar-refractivity contribution in [2.75, 3.05) is 5.32 Å². The fraction of sp³-hybridized carbons (Fsp3) is 0. The van der Waals surface area contributed by atoms with E-state index in [1.165, 1.54) is 0 Å².